The molecule has 1 aliphatic heterocycles. The van der Waals surface area contributed by atoms with Crippen LogP contribution in [0.5, 0.6) is 0 Å². The average molecular weight is 486 g/mol. The Morgan fingerprint density at radius 3 is 2.40 bits per heavy atom. The van der Waals surface area contributed by atoms with Gasteiger partial charge in [0.15, 0.2) is 0 Å². The normalized spacial score (nSPS) is 16.6. The monoisotopic (exact) mass is 485 g/mol. The molecule has 1 aliphatic rings. The third-order valence-corrected chi connectivity index (χ3v) is 5.96. The van der Waals surface area contributed by atoms with Crippen molar-refractivity contribution in [2.24, 2.45) is 0 Å². The Hall–Kier alpha value is -3.23. The molecule has 183 valence electrons. The number of halogens is 4. The van der Waals surface area contributed by atoms with Crippen molar-refractivity contribution in [3.63, 3.8) is 0 Å². The topological polar surface area (TPSA) is 50.4 Å². The molecule has 1 amide bonds. The van der Waals surface area contributed by atoms with E-state index in [9.17, 15) is 22.4 Å². The van der Waals surface area contributed by atoms with E-state index in [0.717, 1.165) is 18.2 Å². The Bertz CT molecular complexity index is 1140. The lowest BCUT2D eigenvalue weighted by Crippen LogP contribution is -2.35. The molecular weight excluding hydrogens is 460 g/mol. The first kappa shape index (κ1) is 24.9. The minimum absolute atomic E-state index is 0.0751. The number of ether oxygens (including phenoxy) is 1. The molecule has 4 rings (SSSR count). The minimum atomic E-state index is -0.781. The van der Waals surface area contributed by atoms with E-state index in [0.29, 0.717) is 42.8 Å². The molecule has 35 heavy (non-hydrogen) atoms. The zero-order chi connectivity index (χ0) is 24.8. The van der Waals surface area contributed by atoms with Gasteiger partial charge in [0, 0.05) is 42.7 Å². The molecule has 2 atom stereocenters. The van der Waals surface area contributed by atoms with Gasteiger partial charge in [0.25, 0.3) is 0 Å². The highest BCUT2D eigenvalue weighted by molar-refractivity contribution is 5.92. The summed E-state index contributed by atoms with van der Waals surface area (Å²) in [4.78, 5) is 13.0. The first-order chi connectivity index (χ1) is 16.9. The molecule has 3 aromatic carbocycles. The van der Waals surface area contributed by atoms with Gasteiger partial charge in [-0.25, -0.2) is 17.6 Å². The molecule has 0 aromatic heterocycles. The van der Waals surface area contributed by atoms with Gasteiger partial charge in [-0.15, -0.1) is 0 Å². The number of anilines is 1. The first-order valence-corrected chi connectivity index (χ1v) is 11.3. The maximum atomic E-state index is 14.6. The van der Waals surface area contributed by atoms with Crippen molar-refractivity contribution < 1.29 is 27.1 Å². The number of amides is 1. The SMILES string of the molecule is O=C(C[C@@H](c1ccc(F)cc1)c1cc(F)cc(F)c1)Nc1cccc(F)c1CC[C@@H]1CN[CH]CO1. The van der Waals surface area contributed by atoms with Crippen LogP contribution in [0.15, 0.2) is 60.7 Å². The number of hydrogen-bond donors (Lipinski definition) is 2. The zero-order valence-electron chi connectivity index (χ0n) is 18.9. The van der Waals surface area contributed by atoms with Gasteiger partial charge >= 0.3 is 0 Å². The van der Waals surface area contributed by atoms with Gasteiger partial charge in [-0.2, -0.15) is 0 Å². The van der Waals surface area contributed by atoms with Crippen LogP contribution in [0.2, 0.25) is 0 Å². The molecule has 1 fully saturated rings. The molecule has 0 saturated carbocycles. The van der Waals surface area contributed by atoms with E-state index in [1.54, 1.807) is 6.07 Å². The lowest BCUT2D eigenvalue weighted by Gasteiger charge is -2.24. The summed E-state index contributed by atoms with van der Waals surface area (Å²) in [6.45, 7) is 2.91. The van der Waals surface area contributed by atoms with Gasteiger partial charge in [-0.1, -0.05) is 18.2 Å². The fraction of sp³-hybridized carbons (Fsp3) is 0.259. The predicted molar refractivity (Wildman–Crippen MR) is 125 cm³/mol. The van der Waals surface area contributed by atoms with Gasteiger partial charge in [0.2, 0.25) is 5.91 Å². The molecule has 0 spiro atoms. The smallest absolute Gasteiger partial charge is 0.225 e. The van der Waals surface area contributed by atoms with Crippen LogP contribution in [0.25, 0.3) is 0 Å². The predicted octanol–water partition coefficient (Wildman–Crippen LogP) is 5.49. The maximum absolute atomic E-state index is 14.6. The van der Waals surface area contributed by atoms with Crippen LogP contribution in [0.3, 0.4) is 0 Å². The summed E-state index contributed by atoms with van der Waals surface area (Å²) in [6.07, 6.45) is 0.654. The quantitative estimate of drug-likeness (QED) is 0.415. The van der Waals surface area contributed by atoms with Crippen molar-refractivity contribution in [1.82, 2.24) is 5.32 Å². The molecule has 1 radical (unpaired) electrons. The molecule has 1 saturated heterocycles. The summed E-state index contributed by atoms with van der Waals surface area (Å²) < 4.78 is 61.6. The van der Waals surface area contributed by atoms with E-state index < -0.39 is 35.1 Å². The van der Waals surface area contributed by atoms with Crippen LogP contribution in [0, 0.1) is 29.8 Å². The Labute approximate surface area is 201 Å². The summed E-state index contributed by atoms with van der Waals surface area (Å²) in [6, 6.07) is 12.9. The van der Waals surface area contributed by atoms with Crippen molar-refractivity contribution in [2.45, 2.75) is 31.3 Å². The Morgan fingerprint density at radius 2 is 1.71 bits per heavy atom. The number of rotatable bonds is 8. The van der Waals surface area contributed by atoms with Gasteiger partial charge in [0.05, 0.1) is 12.7 Å². The third-order valence-electron chi connectivity index (χ3n) is 5.96. The zero-order valence-corrected chi connectivity index (χ0v) is 18.9. The lowest BCUT2D eigenvalue weighted by atomic mass is 9.88. The van der Waals surface area contributed by atoms with Crippen molar-refractivity contribution in [2.75, 3.05) is 18.5 Å². The summed E-state index contributed by atoms with van der Waals surface area (Å²) in [5.41, 5.74) is 1.44. The largest absolute Gasteiger partial charge is 0.375 e. The maximum Gasteiger partial charge on any atom is 0.225 e. The van der Waals surface area contributed by atoms with Gasteiger partial charge < -0.3 is 15.4 Å². The molecule has 0 aliphatic carbocycles. The van der Waals surface area contributed by atoms with E-state index >= 15 is 0 Å². The van der Waals surface area contributed by atoms with Gasteiger partial charge in [-0.3, -0.25) is 4.79 Å². The molecular formula is C27H25F4N2O2. The lowest BCUT2D eigenvalue weighted by molar-refractivity contribution is -0.116. The highest BCUT2D eigenvalue weighted by atomic mass is 19.1. The van der Waals surface area contributed by atoms with Gasteiger partial charge in [-0.05, 0) is 60.4 Å². The average Bonchev–Trinajstić information content (AvgIpc) is 2.83. The van der Waals surface area contributed by atoms with Crippen molar-refractivity contribution in [1.29, 1.82) is 0 Å². The minimum Gasteiger partial charge on any atom is -0.375 e. The van der Waals surface area contributed by atoms with Crippen molar-refractivity contribution in [3.8, 4) is 0 Å². The Morgan fingerprint density at radius 1 is 0.971 bits per heavy atom. The van der Waals surface area contributed by atoms with Crippen molar-refractivity contribution in [3.05, 3.63) is 107 Å². The van der Waals surface area contributed by atoms with E-state index in [4.69, 9.17) is 4.74 Å². The summed E-state index contributed by atoms with van der Waals surface area (Å²) >= 11 is 0. The Balaban J connectivity index is 1.53. The van der Waals surface area contributed by atoms with E-state index in [1.807, 2.05) is 6.54 Å². The fourth-order valence-corrected chi connectivity index (χ4v) is 4.22. The molecule has 4 nitrogen and oxygen atoms in total. The second-order valence-electron chi connectivity index (χ2n) is 8.43. The molecule has 1 heterocycles. The highest BCUT2D eigenvalue weighted by Crippen LogP contribution is 2.31. The van der Waals surface area contributed by atoms with Crippen molar-refractivity contribution >= 4 is 11.6 Å². The first-order valence-electron chi connectivity index (χ1n) is 11.3. The number of morpholine rings is 1. The van der Waals surface area contributed by atoms with E-state index in [1.165, 1.54) is 36.4 Å². The van der Waals surface area contributed by atoms with Gasteiger partial charge in [0.1, 0.15) is 23.3 Å². The standard InChI is InChI=1S/C27H25F4N2O2/c28-19-6-4-17(5-7-19)24(18-12-20(29)14-21(30)13-18)15-27(34)33-26-3-1-2-25(31)23(26)9-8-22-16-32-10-11-35-22/h1-7,10,12-14,22,24,32H,8-9,11,15-16H2,(H,33,34)/t22-,24+/m1/s1. The van der Waals surface area contributed by atoms with E-state index in [-0.39, 0.29) is 18.1 Å². The van der Waals surface area contributed by atoms with E-state index in [2.05, 4.69) is 10.6 Å². The van der Waals surface area contributed by atoms with Crippen LogP contribution in [-0.2, 0) is 16.0 Å². The number of hydrogen-bond acceptors (Lipinski definition) is 3. The van der Waals surface area contributed by atoms with Crippen LogP contribution in [-0.4, -0.2) is 25.2 Å². The molecule has 0 bridgehead atoms. The summed E-state index contributed by atoms with van der Waals surface area (Å²) in [5, 5.41) is 5.85. The molecule has 8 heteroatoms. The summed E-state index contributed by atoms with van der Waals surface area (Å²) in [7, 11) is 0. The third kappa shape index (κ3) is 6.68. The molecule has 2 N–H and O–H groups in total. The molecule has 3 aromatic rings. The van der Waals surface area contributed by atoms with Crippen LogP contribution < -0.4 is 10.6 Å². The fourth-order valence-electron chi connectivity index (χ4n) is 4.22. The number of carbonyl (C=O) groups is 1. The number of benzene rings is 3. The highest BCUT2D eigenvalue weighted by Gasteiger charge is 2.22. The Kier molecular flexibility index (Phi) is 8.15. The van der Waals surface area contributed by atoms with Crippen LogP contribution in [0.1, 0.15) is 35.4 Å². The second kappa shape index (κ2) is 11.5. The number of carbonyl (C=O) groups excluding carboxylic acids is 1. The summed E-state index contributed by atoms with van der Waals surface area (Å²) in [5.74, 6) is -3.69. The van der Waals surface area contributed by atoms with Crippen LogP contribution >= 0.6 is 0 Å². The molecule has 0 unspecified atom stereocenters. The second-order valence-corrected chi connectivity index (χ2v) is 8.43. The van der Waals surface area contributed by atoms with Crippen LogP contribution in [0.4, 0.5) is 23.2 Å². The number of nitrogens with one attached hydrogen (secondary N) is 2.